The number of carbonyl (C=O) groups excluding carboxylic acids is 1. The van der Waals surface area contributed by atoms with Gasteiger partial charge in [0.2, 0.25) is 0 Å². The van der Waals surface area contributed by atoms with E-state index in [4.69, 9.17) is 4.74 Å². The van der Waals surface area contributed by atoms with Crippen LogP contribution >= 0.6 is 0 Å². The fourth-order valence-electron chi connectivity index (χ4n) is 2.04. The second-order valence-corrected chi connectivity index (χ2v) is 4.11. The first-order valence-corrected chi connectivity index (χ1v) is 5.71. The van der Waals surface area contributed by atoms with Crippen molar-refractivity contribution in [2.75, 3.05) is 32.1 Å². The molecule has 2 rings (SSSR count). The molecule has 0 spiro atoms. The van der Waals surface area contributed by atoms with Gasteiger partial charge in [0.05, 0.1) is 12.7 Å². The Morgan fingerprint density at radius 1 is 1.65 bits per heavy atom. The topological polar surface area (TPSA) is 54.5 Å². The molecule has 1 aliphatic rings. The molecule has 17 heavy (non-hydrogen) atoms. The van der Waals surface area contributed by atoms with Crippen molar-refractivity contribution < 1.29 is 9.53 Å². The van der Waals surface area contributed by atoms with E-state index in [1.165, 1.54) is 7.11 Å². The maximum absolute atomic E-state index is 11.4. The van der Waals surface area contributed by atoms with Gasteiger partial charge in [-0.3, -0.25) is 0 Å². The number of nitrogens with one attached hydrogen (secondary N) is 1. The number of nitrogens with zero attached hydrogens (tertiary/aromatic N) is 2. The maximum Gasteiger partial charge on any atom is 0.338 e. The fourth-order valence-corrected chi connectivity index (χ4v) is 2.04. The van der Waals surface area contributed by atoms with E-state index in [2.05, 4.69) is 15.2 Å². The molecule has 0 amide bonds. The van der Waals surface area contributed by atoms with Crippen LogP contribution in [0.4, 0.5) is 5.82 Å². The third-order valence-electron chi connectivity index (χ3n) is 3.09. The SMILES string of the molecule is CNC1CCN(c2cc(C(=O)OC)ccn2)C1. The molecule has 0 radical (unpaired) electrons. The summed E-state index contributed by atoms with van der Waals surface area (Å²) in [6.07, 6.45) is 2.74. The zero-order chi connectivity index (χ0) is 12.3. The molecule has 0 aliphatic carbocycles. The predicted molar refractivity (Wildman–Crippen MR) is 65.3 cm³/mol. The quantitative estimate of drug-likeness (QED) is 0.780. The highest BCUT2D eigenvalue weighted by Crippen LogP contribution is 2.19. The highest BCUT2D eigenvalue weighted by Gasteiger charge is 2.22. The van der Waals surface area contributed by atoms with Crippen molar-refractivity contribution in [3.8, 4) is 0 Å². The zero-order valence-corrected chi connectivity index (χ0v) is 10.1. The Morgan fingerprint density at radius 3 is 3.12 bits per heavy atom. The smallest absolute Gasteiger partial charge is 0.338 e. The fraction of sp³-hybridized carbons (Fsp3) is 0.500. The Kier molecular flexibility index (Phi) is 3.58. The third-order valence-corrected chi connectivity index (χ3v) is 3.09. The zero-order valence-electron chi connectivity index (χ0n) is 10.1. The summed E-state index contributed by atoms with van der Waals surface area (Å²) in [5.41, 5.74) is 0.547. The number of hydrogen-bond acceptors (Lipinski definition) is 5. The molecule has 1 aromatic rings. The summed E-state index contributed by atoms with van der Waals surface area (Å²) < 4.78 is 4.70. The van der Waals surface area contributed by atoms with Gasteiger partial charge < -0.3 is 15.0 Å². The monoisotopic (exact) mass is 235 g/mol. The van der Waals surface area contributed by atoms with Crippen LogP contribution in [-0.2, 0) is 4.74 Å². The highest BCUT2D eigenvalue weighted by atomic mass is 16.5. The van der Waals surface area contributed by atoms with Gasteiger partial charge in [-0.15, -0.1) is 0 Å². The van der Waals surface area contributed by atoms with Crippen molar-refractivity contribution >= 4 is 11.8 Å². The number of rotatable bonds is 3. The molecule has 0 aromatic carbocycles. The molecule has 1 aliphatic heterocycles. The molecule has 1 unspecified atom stereocenters. The van der Waals surface area contributed by atoms with Crippen molar-refractivity contribution in [2.45, 2.75) is 12.5 Å². The average molecular weight is 235 g/mol. The molecule has 0 saturated carbocycles. The lowest BCUT2D eigenvalue weighted by atomic mass is 10.2. The third kappa shape index (κ3) is 2.55. The second-order valence-electron chi connectivity index (χ2n) is 4.11. The largest absolute Gasteiger partial charge is 0.465 e. The lowest BCUT2D eigenvalue weighted by Gasteiger charge is -2.17. The minimum Gasteiger partial charge on any atom is -0.465 e. The van der Waals surface area contributed by atoms with E-state index in [0.717, 1.165) is 25.3 Å². The Bertz CT molecular complexity index is 408. The van der Waals surface area contributed by atoms with E-state index in [0.29, 0.717) is 11.6 Å². The number of esters is 1. The van der Waals surface area contributed by atoms with E-state index >= 15 is 0 Å². The van der Waals surface area contributed by atoms with E-state index in [1.54, 1.807) is 18.3 Å². The van der Waals surface area contributed by atoms with Crippen LogP contribution in [-0.4, -0.2) is 44.2 Å². The van der Waals surface area contributed by atoms with E-state index in [9.17, 15) is 4.79 Å². The predicted octanol–water partition coefficient (Wildman–Crippen LogP) is 0.666. The van der Waals surface area contributed by atoms with E-state index < -0.39 is 0 Å². The van der Waals surface area contributed by atoms with Crippen LogP contribution in [0.3, 0.4) is 0 Å². The van der Waals surface area contributed by atoms with Crippen LogP contribution in [0.1, 0.15) is 16.8 Å². The number of ether oxygens (including phenoxy) is 1. The maximum atomic E-state index is 11.4. The van der Waals surface area contributed by atoms with Crippen molar-refractivity contribution in [1.29, 1.82) is 0 Å². The van der Waals surface area contributed by atoms with Gasteiger partial charge >= 0.3 is 5.97 Å². The van der Waals surface area contributed by atoms with Gasteiger partial charge in [0.25, 0.3) is 0 Å². The molecule has 1 aromatic heterocycles. The van der Waals surface area contributed by atoms with Crippen LogP contribution in [0.5, 0.6) is 0 Å². The highest BCUT2D eigenvalue weighted by molar-refractivity contribution is 5.90. The van der Waals surface area contributed by atoms with Crippen LogP contribution in [0.25, 0.3) is 0 Å². The van der Waals surface area contributed by atoms with Crippen LogP contribution in [0, 0.1) is 0 Å². The number of methoxy groups -OCH3 is 1. The minimum absolute atomic E-state index is 0.321. The summed E-state index contributed by atoms with van der Waals surface area (Å²) in [5, 5.41) is 3.25. The molecule has 1 atom stereocenters. The number of anilines is 1. The van der Waals surface area contributed by atoms with Crippen molar-refractivity contribution in [1.82, 2.24) is 10.3 Å². The first-order valence-electron chi connectivity index (χ1n) is 5.71. The van der Waals surface area contributed by atoms with Gasteiger partial charge in [0.1, 0.15) is 5.82 Å². The van der Waals surface area contributed by atoms with Crippen LogP contribution in [0.15, 0.2) is 18.3 Å². The van der Waals surface area contributed by atoms with Gasteiger partial charge in [-0.05, 0) is 25.6 Å². The standard InChI is InChI=1S/C12H17N3O2/c1-13-10-4-6-15(8-10)11-7-9(3-5-14-11)12(16)17-2/h3,5,7,10,13H,4,6,8H2,1-2H3. The van der Waals surface area contributed by atoms with E-state index in [1.807, 2.05) is 7.05 Å². The van der Waals surface area contributed by atoms with Gasteiger partial charge in [-0.25, -0.2) is 9.78 Å². The second kappa shape index (κ2) is 5.14. The lowest BCUT2D eigenvalue weighted by Crippen LogP contribution is -2.29. The normalized spacial score (nSPS) is 19.4. The molecule has 1 saturated heterocycles. The van der Waals surface area contributed by atoms with Gasteiger partial charge in [-0.2, -0.15) is 0 Å². The molecular weight excluding hydrogens is 218 g/mol. The number of aromatic nitrogens is 1. The number of carbonyl (C=O) groups is 1. The summed E-state index contributed by atoms with van der Waals surface area (Å²) in [7, 11) is 3.35. The molecule has 0 bridgehead atoms. The molecular formula is C12H17N3O2. The first-order chi connectivity index (χ1) is 8.24. The summed E-state index contributed by atoms with van der Waals surface area (Å²) in [6.45, 7) is 1.89. The lowest BCUT2D eigenvalue weighted by molar-refractivity contribution is 0.0600. The molecule has 5 heteroatoms. The Hall–Kier alpha value is -1.62. The first kappa shape index (κ1) is 11.9. The summed E-state index contributed by atoms with van der Waals surface area (Å²) in [6, 6.07) is 3.95. The Balaban J connectivity index is 2.14. The van der Waals surface area contributed by atoms with Crippen molar-refractivity contribution in [2.24, 2.45) is 0 Å². The summed E-state index contributed by atoms with van der Waals surface area (Å²) in [5.74, 6) is 0.517. The molecule has 2 heterocycles. The summed E-state index contributed by atoms with van der Waals surface area (Å²) in [4.78, 5) is 17.9. The van der Waals surface area contributed by atoms with Crippen molar-refractivity contribution in [3.05, 3.63) is 23.9 Å². The van der Waals surface area contributed by atoms with Crippen molar-refractivity contribution in [3.63, 3.8) is 0 Å². The van der Waals surface area contributed by atoms with Crippen LogP contribution < -0.4 is 10.2 Å². The molecule has 1 N–H and O–H groups in total. The average Bonchev–Trinajstić information content (AvgIpc) is 2.86. The number of pyridine rings is 1. The Morgan fingerprint density at radius 2 is 2.47 bits per heavy atom. The van der Waals surface area contributed by atoms with Gasteiger partial charge in [-0.1, -0.05) is 0 Å². The number of likely N-dealkylation sites (N-methyl/N-ethyl adjacent to an activating group) is 1. The molecule has 5 nitrogen and oxygen atoms in total. The van der Waals surface area contributed by atoms with Gasteiger partial charge in [0, 0.05) is 25.3 Å². The Labute approximate surface area is 101 Å². The summed E-state index contributed by atoms with van der Waals surface area (Å²) >= 11 is 0. The molecule has 1 fully saturated rings. The minimum atomic E-state index is -0.321. The van der Waals surface area contributed by atoms with E-state index in [-0.39, 0.29) is 5.97 Å². The van der Waals surface area contributed by atoms with Gasteiger partial charge in [0.15, 0.2) is 0 Å². The van der Waals surface area contributed by atoms with Crippen LogP contribution in [0.2, 0.25) is 0 Å². The molecule has 92 valence electrons. The number of hydrogen-bond donors (Lipinski definition) is 1.